The Kier molecular flexibility index (Phi) is 8.45. The smallest absolute Gasteiger partial charge is 0.212 e. The Morgan fingerprint density at radius 1 is 1.17 bits per heavy atom. The standard InChI is InChI=1S/C17H21FN4O.HI/c1-12-4-5-13(8-15(12)18)9-21-17(19-2)22-11-14-6-7-16(23-3)20-10-14;/h4-8,10H,9,11H2,1-3H3,(H2,19,21,22);1H. The largest absolute Gasteiger partial charge is 0.481 e. The van der Waals surface area contributed by atoms with Crippen LogP contribution in [0.1, 0.15) is 16.7 Å². The van der Waals surface area contributed by atoms with Crippen LogP contribution in [0.4, 0.5) is 4.39 Å². The van der Waals surface area contributed by atoms with Crippen LogP contribution >= 0.6 is 24.0 Å². The fraction of sp³-hybridized carbons (Fsp3) is 0.294. The number of pyridine rings is 1. The van der Waals surface area contributed by atoms with E-state index in [2.05, 4.69) is 20.6 Å². The monoisotopic (exact) mass is 444 g/mol. The highest BCUT2D eigenvalue weighted by atomic mass is 127. The van der Waals surface area contributed by atoms with E-state index in [0.717, 1.165) is 11.1 Å². The fourth-order valence-electron chi connectivity index (χ4n) is 1.97. The molecule has 0 radical (unpaired) electrons. The average molecular weight is 444 g/mol. The second kappa shape index (κ2) is 10.1. The van der Waals surface area contributed by atoms with Crippen molar-refractivity contribution in [2.75, 3.05) is 14.2 Å². The number of aromatic nitrogens is 1. The third-order valence-corrected chi connectivity index (χ3v) is 3.39. The molecule has 0 bridgehead atoms. The highest BCUT2D eigenvalue weighted by molar-refractivity contribution is 14.0. The third-order valence-electron chi connectivity index (χ3n) is 3.39. The lowest BCUT2D eigenvalue weighted by atomic mass is 10.1. The second-order valence-corrected chi connectivity index (χ2v) is 5.07. The number of nitrogens with one attached hydrogen (secondary N) is 2. The molecular formula is C17H22FIN4O. The van der Waals surface area contributed by atoms with Gasteiger partial charge in [0.05, 0.1) is 7.11 Å². The zero-order valence-electron chi connectivity index (χ0n) is 14.0. The summed E-state index contributed by atoms with van der Waals surface area (Å²) in [6, 6.07) is 8.93. The van der Waals surface area contributed by atoms with Crippen molar-refractivity contribution in [1.82, 2.24) is 15.6 Å². The van der Waals surface area contributed by atoms with Crippen LogP contribution in [0.2, 0.25) is 0 Å². The molecule has 0 amide bonds. The van der Waals surface area contributed by atoms with Gasteiger partial charge in [0, 0.05) is 32.4 Å². The van der Waals surface area contributed by atoms with Gasteiger partial charge in [-0.15, -0.1) is 24.0 Å². The number of ether oxygens (including phenoxy) is 1. The second-order valence-electron chi connectivity index (χ2n) is 5.07. The lowest BCUT2D eigenvalue weighted by Crippen LogP contribution is -2.36. The summed E-state index contributed by atoms with van der Waals surface area (Å²) in [5.74, 6) is 1.02. The number of aryl methyl sites for hydroxylation is 1. The minimum Gasteiger partial charge on any atom is -0.481 e. The van der Waals surface area contributed by atoms with Crippen LogP contribution in [-0.2, 0) is 13.1 Å². The number of methoxy groups -OCH3 is 1. The first-order valence-electron chi connectivity index (χ1n) is 7.31. The van der Waals surface area contributed by atoms with E-state index < -0.39 is 0 Å². The summed E-state index contributed by atoms with van der Waals surface area (Å²) in [7, 11) is 3.28. The van der Waals surface area contributed by atoms with Gasteiger partial charge in [-0.2, -0.15) is 0 Å². The molecular weight excluding hydrogens is 422 g/mol. The number of hydrogen-bond acceptors (Lipinski definition) is 3. The molecule has 2 aromatic rings. The Bertz CT molecular complexity index is 677. The van der Waals surface area contributed by atoms with Gasteiger partial charge in [0.2, 0.25) is 5.88 Å². The Labute approximate surface area is 158 Å². The number of guanidine groups is 1. The molecule has 1 aromatic heterocycles. The van der Waals surface area contributed by atoms with Gasteiger partial charge in [0.15, 0.2) is 5.96 Å². The van der Waals surface area contributed by atoms with Crippen LogP contribution < -0.4 is 15.4 Å². The van der Waals surface area contributed by atoms with Gasteiger partial charge in [0.25, 0.3) is 0 Å². The van der Waals surface area contributed by atoms with Crippen molar-refractivity contribution in [3.8, 4) is 5.88 Å². The van der Waals surface area contributed by atoms with E-state index in [0.29, 0.717) is 30.5 Å². The van der Waals surface area contributed by atoms with E-state index in [9.17, 15) is 4.39 Å². The lowest BCUT2D eigenvalue weighted by molar-refractivity contribution is 0.397. The number of hydrogen-bond donors (Lipinski definition) is 2. The zero-order chi connectivity index (χ0) is 16.7. The molecule has 24 heavy (non-hydrogen) atoms. The predicted octanol–water partition coefficient (Wildman–Crippen LogP) is 3.02. The Morgan fingerprint density at radius 2 is 1.83 bits per heavy atom. The molecule has 1 aromatic carbocycles. The molecule has 0 spiro atoms. The van der Waals surface area contributed by atoms with Crippen LogP contribution in [0.15, 0.2) is 41.5 Å². The van der Waals surface area contributed by atoms with E-state index in [1.54, 1.807) is 33.3 Å². The van der Waals surface area contributed by atoms with Gasteiger partial charge in [0.1, 0.15) is 5.82 Å². The molecule has 0 fully saturated rings. The summed E-state index contributed by atoms with van der Waals surface area (Å²) in [4.78, 5) is 8.30. The summed E-state index contributed by atoms with van der Waals surface area (Å²) in [6.45, 7) is 2.83. The van der Waals surface area contributed by atoms with Crippen LogP contribution in [0.5, 0.6) is 5.88 Å². The van der Waals surface area contributed by atoms with Crippen LogP contribution in [-0.4, -0.2) is 25.1 Å². The molecule has 0 saturated heterocycles. The van der Waals surface area contributed by atoms with Gasteiger partial charge >= 0.3 is 0 Å². The molecule has 5 nitrogen and oxygen atoms in total. The zero-order valence-corrected chi connectivity index (χ0v) is 16.3. The first-order chi connectivity index (χ1) is 11.1. The third kappa shape index (κ3) is 5.95. The first-order valence-corrected chi connectivity index (χ1v) is 7.31. The van der Waals surface area contributed by atoms with E-state index in [4.69, 9.17) is 4.74 Å². The van der Waals surface area contributed by atoms with Crippen molar-refractivity contribution >= 4 is 29.9 Å². The van der Waals surface area contributed by atoms with Crippen molar-refractivity contribution in [2.45, 2.75) is 20.0 Å². The van der Waals surface area contributed by atoms with Crippen molar-refractivity contribution in [3.63, 3.8) is 0 Å². The molecule has 130 valence electrons. The summed E-state index contributed by atoms with van der Waals surface area (Å²) in [6.07, 6.45) is 1.74. The topological polar surface area (TPSA) is 58.5 Å². The normalized spacial score (nSPS) is 10.8. The van der Waals surface area contributed by atoms with Crippen LogP contribution in [0.25, 0.3) is 0 Å². The van der Waals surface area contributed by atoms with Crippen LogP contribution in [0, 0.1) is 12.7 Å². The Balaban J connectivity index is 0.00000288. The minimum absolute atomic E-state index is 0. The molecule has 0 atom stereocenters. The molecule has 1 heterocycles. The molecule has 0 aliphatic carbocycles. The number of aliphatic imine (C=N–C) groups is 1. The van der Waals surface area contributed by atoms with E-state index >= 15 is 0 Å². The highest BCUT2D eigenvalue weighted by Crippen LogP contribution is 2.09. The molecule has 2 N–H and O–H groups in total. The van der Waals surface area contributed by atoms with E-state index in [1.807, 2.05) is 18.2 Å². The number of rotatable bonds is 5. The molecule has 0 unspecified atom stereocenters. The summed E-state index contributed by atoms with van der Waals surface area (Å²) in [5.41, 5.74) is 2.51. The van der Waals surface area contributed by atoms with Gasteiger partial charge in [-0.1, -0.05) is 18.2 Å². The number of nitrogens with zero attached hydrogens (tertiary/aromatic N) is 2. The van der Waals surface area contributed by atoms with Crippen molar-refractivity contribution in [2.24, 2.45) is 4.99 Å². The average Bonchev–Trinajstić information content (AvgIpc) is 2.58. The first kappa shape index (κ1) is 20.1. The number of halogens is 2. The Morgan fingerprint density at radius 3 is 2.38 bits per heavy atom. The molecule has 0 aliphatic heterocycles. The fourth-order valence-corrected chi connectivity index (χ4v) is 1.97. The maximum absolute atomic E-state index is 13.5. The van der Waals surface area contributed by atoms with Crippen molar-refractivity contribution < 1.29 is 9.13 Å². The highest BCUT2D eigenvalue weighted by Gasteiger charge is 2.02. The summed E-state index contributed by atoms with van der Waals surface area (Å²) in [5, 5.41) is 6.34. The van der Waals surface area contributed by atoms with Gasteiger partial charge in [-0.25, -0.2) is 9.37 Å². The lowest BCUT2D eigenvalue weighted by Gasteiger charge is -2.12. The van der Waals surface area contributed by atoms with Gasteiger partial charge < -0.3 is 15.4 Å². The van der Waals surface area contributed by atoms with Crippen molar-refractivity contribution in [3.05, 3.63) is 59.0 Å². The SMILES string of the molecule is CN=C(NCc1ccc(OC)nc1)NCc1ccc(C)c(F)c1.I. The van der Waals surface area contributed by atoms with E-state index in [-0.39, 0.29) is 29.8 Å². The predicted molar refractivity (Wildman–Crippen MR) is 104 cm³/mol. The maximum Gasteiger partial charge on any atom is 0.212 e. The van der Waals surface area contributed by atoms with Crippen LogP contribution in [0.3, 0.4) is 0 Å². The minimum atomic E-state index is -0.198. The quantitative estimate of drug-likeness (QED) is 0.423. The van der Waals surface area contributed by atoms with Gasteiger partial charge in [-0.05, 0) is 29.7 Å². The summed E-state index contributed by atoms with van der Waals surface area (Å²) >= 11 is 0. The molecule has 2 rings (SSSR count). The van der Waals surface area contributed by atoms with E-state index in [1.165, 1.54) is 6.07 Å². The summed E-state index contributed by atoms with van der Waals surface area (Å²) < 4.78 is 18.5. The maximum atomic E-state index is 13.5. The Hall–Kier alpha value is -1.90. The van der Waals surface area contributed by atoms with Crippen molar-refractivity contribution in [1.29, 1.82) is 0 Å². The molecule has 0 saturated carbocycles. The number of benzene rings is 1. The molecule has 7 heteroatoms. The van der Waals surface area contributed by atoms with Gasteiger partial charge in [-0.3, -0.25) is 4.99 Å². The molecule has 0 aliphatic rings.